The predicted octanol–water partition coefficient (Wildman–Crippen LogP) is -0.511. The summed E-state index contributed by atoms with van der Waals surface area (Å²) in [6.07, 6.45) is 3.55. The van der Waals surface area contributed by atoms with Gasteiger partial charge in [-0.05, 0) is 36.5 Å². The number of rotatable bonds is 6. The van der Waals surface area contributed by atoms with E-state index in [1.165, 1.54) is 34.8 Å². The molecule has 1 saturated carbocycles. The number of anilines is 1. The van der Waals surface area contributed by atoms with Gasteiger partial charge in [0.25, 0.3) is 11.8 Å². The summed E-state index contributed by atoms with van der Waals surface area (Å²) in [5, 5.41) is 6.02. The molecule has 0 spiro atoms. The van der Waals surface area contributed by atoms with E-state index in [2.05, 4.69) is 24.5 Å². The summed E-state index contributed by atoms with van der Waals surface area (Å²) in [6, 6.07) is 6.25. The summed E-state index contributed by atoms with van der Waals surface area (Å²) >= 11 is 0. The summed E-state index contributed by atoms with van der Waals surface area (Å²) in [6.45, 7) is 8.89. The number of amides is 2. The van der Waals surface area contributed by atoms with Gasteiger partial charge in [-0.15, -0.1) is 0 Å². The molecule has 160 valence electrons. The monoisotopic (exact) mass is 406 g/mol. The lowest BCUT2D eigenvalue weighted by atomic mass is 9.78. The molecule has 1 aliphatic carbocycles. The second-order valence-corrected chi connectivity index (χ2v) is 8.85. The number of piperazine rings is 1. The Morgan fingerprint density at radius 1 is 1.03 bits per heavy atom. The highest BCUT2D eigenvalue weighted by Crippen LogP contribution is 2.29. The third kappa shape index (κ3) is 6.51. The molecular formula is C22H35FN4O2+2. The van der Waals surface area contributed by atoms with Crippen LogP contribution in [0.2, 0.25) is 0 Å². The molecule has 0 unspecified atom stereocenters. The van der Waals surface area contributed by atoms with Gasteiger partial charge in [-0.1, -0.05) is 32.8 Å². The molecule has 0 aromatic heterocycles. The first-order chi connectivity index (χ1) is 13.9. The zero-order valence-electron chi connectivity index (χ0n) is 17.6. The van der Waals surface area contributed by atoms with Gasteiger partial charge in [-0.3, -0.25) is 9.59 Å². The van der Waals surface area contributed by atoms with E-state index in [0.29, 0.717) is 36.7 Å². The Labute approximate surface area is 172 Å². The Balaban J connectivity index is 1.36. The standard InChI is InChI=1S/C22H33FN4O2/c1-16-5-3-8-20(17(16)2)25-22(29)15-27-11-9-26(10-12-27)14-21(28)24-19-7-4-6-18(23)13-19/h4,6-7,13,16-17,20H,3,5,8-12,14-15H2,1-2H3,(H,24,28)(H,25,29)/p+2/t16-,17-,20+/m1/s1. The molecule has 0 radical (unpaired) electrons. The average Bonchev–Trinajstić information content (AvgIpc) is 2.67. The molecule has 2 fully saturated rings. The summed E-state index contributed by atoms with van der Waals surface area (Å²) in [4.78, 5) is 27.2. The maximum absolute atomic E-state index is 13.2. The summed E-state index contributed by atoms with van der Waals surface area (Å²) < 4.78 is 13.2. The molecule has 6 nitrogen and oxygen atoms in total. The number of quaternary nitrogens is 2. The van der Waals surface area contributed by atoms with Crippen LogP contribution in [0.15, 0.2) is 24.3 Å². The fourth-order valence-electron chi connectivity index (χ4n) is 4.58. The van der Waals surface area contributed by atoms with Crippen molar-refractivity contribution in [2.24, 2.45) is 11.8 Å². The topological polar surface area (TPSA) is 67.1 Å². The van der Waals surface area contributed by atoms with Gasteiger partial charge in [0, 0.05) is 11.7 Å². The molecule has 1 aliphatic heterocycles. The Hall–Kier alpha value is -1.99. The minimum absolute atomic E-state index is 0.104. The largest absolute Gasteiger partial charge is 0.348 e. The van der Waals surface area contributed by atoms with Crippen molar-refractivity contribution < 1.29 is 23.8 Å². The van der Waals surface area contributed by atoms with Crippen molar-refractivity contribution in [3.8, 4) is 0 Å². The summed E-state index contributed by atoms with van der Waals surface area (Å²) in [5.74, 6) is 0.904. The highest BCUT2D eigenvalue weighted by Gasteiger charge is 2.30. The van der Waals surface area contributed by atoms with Crippen LogP contribution in [0, 0.1) is 17.7 Å². The second kappa shape index (κ2) is 10.2. The molecule has 1 heterocycles. The molecule has 2 amide bonds. The number of nitrogens with one attached hydrogen (secondary N) is 4. The lowest BCUT2D eigenvalue weighted by molar-refractivity contribution is -1.00. The van der Waals surface area contributed by atoms with Crippen LogP contribution in [-0.2, 0) is 9.59 Å². The van der Waals surface area contributed by atoms with Crippen molar-refractivity contribution in [3.05, 3.63) is 30.1 Å². The van der Waals surface area contributed by atoms with E-state index in [1.807, 2.05) is 0 Å². The maximum Gasteiger partial charge on any atom is 0.279 e. The first-order valence-corrected chi connectivity index (χ1v) is 10.9. The first kappa shape index (κ1) is 21.7. The van der Waals surface area contributed by atoms with Gasteiger partial charge in [-0.25, -0.2) is 4.39 Å². The SMILES string of the molecule is C[C@@H]1[C@H](C)CCC[C@@H]1NC(=O)C[NH+]1CC[NH+](CC(=O)Nc2cccc(F)c2)CC1. The normalized spacial score (nSPS) is 29.8. The number of carbonyl (C=O) groups is 2. The Morgan fingerprint density at radius 2 is 1.69 bits per heavy atom. The minimum Gasteiger partial charge on any atom is -0.348 e. The Kier molecular flexibility index (Phi) is 7.61. The van der Waals surface area contributed by atoms with E-state index < -0.39 is 0 Å². The van der Waals surface area contributed by atoms with Crippen LogP contribution in [0.5, 0.6) is 0 Å². The maximum atomic E-state index is 13.2. The summed E-state index contributed by atoms with van der Waals surface area (Å²) in [5.41, 5.74) is 0.488. The van der Waals surface area contributed by atoms with E-state index in [0.717, 1.165) is 32.6 Å². The number of halogens is 1. The molecule has 1 aromatic carbocycles. The fraction of sp³-hybridized carbons (Fsp3) is 0.636. The van der Waals surface area contributed by atoms with E-state index >= 15 is 0 Å². The van der Waals surface area contributed by atoms with Crippen molar-refractivity contribution in [3.63, 3.8) is 0 Å². The van der Waals surface area contributed by atoms with Gasteiger partial charge in [0.15, 0.2) is 13.1 Å². The summed E-state index contributed by atoms with van der Waals surface area (Å²) in [7, 11) is 0. The van der Waals surface area contributed by atoms with Crippen molar-refractivity contribution in [2.75, 3.05) is 44.6 Å². The second-order valence-electron chi connectivity index (χ2n) is 8.85. The van der Waals surface area contributed by atoms with Crippen LogP contribution in [0.1, 0.15) is 33.1 Å². The molecular weight excluding hydrogens is 371 g/mol. The van der Waals surface area contributed by atoms with Crippen molar-refractivity contribution in [2.45, 2.75) is 39.2 Å². The van der Waals surface area contributed by atoms with Crippen LogP contribution in [0.4, 0.5) is 10.1 Å². The van der Waals surface area contributed by atoms with Gasteiger partial charge in [0.1, 0.15) is 32.0 Å². The minimum atomic E-state index is -0.359. The predicted molar refractivity (Wildman–Crippen MR) is 110 cm³/mol. The average molecular weight is 407 g/mol. The molecule has 1 aromatic rings. The van der Waals surface area contributed by atoms with E-state index in [4.69, 9.17) is 0 Å². The van der Waals surface area contributed by atoms with Crippen LogP contribution >= 0.6 is 0 Å². The number of carbonyl (C=O) groups excluding carboxylic acids is 2. The van der Waals surface area contributed by atoms with Gasteiger partial charge >= 0.3 is 0 Å². The molecule has 3 rings (SSSR count). The highest BCUT2D eigenvalue weighted by atomic mass is 19.1. The van der Waals surface area contributed by atoms with E-state index in [1.54, 1.807) is 12.1 Å². The van der Waals surface area contributed by atoms with E-state index in [9.17, 15) is 14.0 Å². The van der Waals surface area contributed by atoms with Crippen molar-refractivity contribution in [1.29, 1.82) is 0 Å². The zero-order chi connectivity index (χ0) is 20.8. The number of hydrogen-bond acceptors (Lipinski definition) is 2. The lowest BCUT2D eigenvalue weighted by Crippen LogP contribution is -3.28. The van der Waals surface area contributed by atoms with Crippen molar-refractivity contribution in [1.82, 2.24) is 5.32 Å². The third-order valence-corrected chi connectivity index (χ3v) is 6.65. The number of hydrogen-bond donors (Lipinski definition) is 4. The molecule has 7 heteroatoms. The Bertz CT molecular complexity index is 706. The molecule has 1 saturated heterocycles. The van der Waals surface area contributed by atoms with Crippen molar-refractivity contribution >= 4 is 17.5 Å². The highest BCUT2D eigenvalue weighted by molar-refractivity contribution is 5.91. The van der Waals surface area contributed by atoms with E-state index in [-0.39, 0.29) is 17.6 Å². The van der Waals surface area contributed by atoms with Gasteiger partial charge in [0.2, 0.25) is 0 Å². The molecule has 29 heavy (non-hydrogen) atoms. The van der Waals surface area contributed by atoms with Crippen LogP contribution in [-0.4, -0.2) is 57.1 Å². The number of benzene rings is 1. The quantitative estimate of drug-likeness (QED) is 0.514. The molecule has 3 atom stereocenters. The Morgan fingerprint density at radius 3 is 2.34 bits per heavy atom. The molecule has 4 N–H and O–H groups in total. The lowest BCUT2D eigenvalue weighted by Gasteiger charge is -2.35. The van der Waals surface area contributed by atoms with Gasteiger partial charge < -0.3 is 20.4 Å². The zero-order valence-corrected chi connectivity index (χ0v) is 17.6. The smallest absolute Gasteiger partial charge is 0.279 e. The van der Waals surface area contributed by atoms with Crippen LogP contribution in [0.25, 0.3) is 0 Å². The van der Waals surface area contributed by atoms with Gasteiger partial charge in [0.05, 0.1) is 0 Å². The molecule has 2 aliphatic rings. The fourth-order valence-corrected chi connectivity index (χ4v) is 4.58. The molecule has 0 bridgehead atoms. The van der Waals surface area contributed by atoms with Gasteiger partial charge in [-0.2, -0.15) is 0 Å². The third-order valence-electron chi connectivity index (χ3n) is 6.65. The van der Waals surface area contributed by atoms with Crippen LogP contribution in [0.3, 0.4) is 0 Å². The van der Waals surface area contributed by atoms with Crippen LogP contribution < -0.4 is 20.4 Å². The first-order valence-electron chi connectivity index (χ1n) is 10.9.